The highest BCUT2D eigenvalue weighted by Crippen LogP contribution is 2.25. The lowest BCUT2D eigenvalue weighted by Crippen LogP contribution is -2.45. The van der Waals surface area contributed by atoms with E-state index in [-0.39, 0.29) is 0 Å². The number of likely N-dealkylation sites (tertiary alicyclic amines) is 1. The molecule has 1 saturated carbocycles. The minimum Gasteiger partial charge on any atom is -0.374 e. The number of ether oxygens (including phenoxy) is 1. The molecule has 0 aromatic heterocycles. The van der Waals surface area contributed by atoms with Gasteiger partial charge in [-0.05, 0) is 38.5 Å². The molecule has 0 spiro atoms. The number of hydrogen-bond donors (Lipinski definition) is 1. The molecule has 0 amide bonds. The first-order valence-corrected chi connectivity index (χ1v) is 8.00. The van der Waals surface area contributed by atoms with E-state index in [0.717, 1.165) is 12.5 Å². The highest BCUT2D eigenvalue weighted by molar-refractivity contribution is 4.83. The standard InChI is InChI=1S/C16H30N2O/c1-2-3-12-19-15-8-10-18(11-9-15)13-14-6-4-5-7-16(14)17/h2-3,14-16H,4-13,17H2,1H3/t14-,16+/m0/s1. The van der Waals surface area contributed by atoms with E-state index in [9.17, 15) is 0 Å². The van der Waals surface area contributed by atoms with Crippen molar-refractivity contribution in [2.24, 2.45) is 11.7 Å². The van der Waals surface area contributed by atoms with Gasteiger partial charge in [0, 0.05) is 25.7 Å². The number of allylic oxidation sites excluding steroid dienone is 1. The first-order chi connectivity index (χ1) is 9.29. The largest absolute Gasteiger partial charge is 0.374 e. The van der Waals surface area contributed by atoms with Crippen molar-refractivity contribution in [2.45, 2.75) is 57.6 Å². The van der Waals surface area contributed by atoms with Gasteiger partial charge in [-0.1, -0.05) is 25.0 Å². The molecule has 1 heterocycles. The predicted octanol–water partition coefficient (Wildman–Crippen LogP) is 2.56. The van der Waals surface area contributed by atoms with Gasteiger partial charge in [-0.2, -0.15) is 0 Å². The van der Waals surface area contributed by atoms with Crippen molar-refractivity contribution in [3.05, 3.63) is 12.2 Å². The Hall–Kier alpha value is -0.380. The third-order valence-corrected chi connectivity index (χ3v) is 4.66. The van der Waals surface area contributed by atoms with Crippen molar-refractivity contribution < 1.29 is 4.74 Å². The Kier molecular flexibility index (Phi) is 6.35. The predicted molar refractivity (Wildman–Crippen MR) is 80.2 cm³/mol. The molecule has 2 fully saturated rings. The summed E-state index contributed by atoms with van der Waals surface area (Å²) in [5.74, 6) is 0.731. The summed E-state index contributed by atoms with van der Waals surface area (Å²) in [6, 6.07) is 0.442. The fourth-order valence-corrected chi connectivity index (χ4v) is 3.34. The van der Waals surface area contributed by atoms with Crippen LogP contribution in [0, 0.1) is 5.92 Å². The van der Waals surface area contributed by atoms with Crippen LogP contribution in [0.3, 0.4) is 0 Å². The van der Waals surface area contributed by atoms with E-state index in [4.69, 9.17) is 10.5 Å². The fraction of sp³-hybridized carbons (Fsp3) is 0.875. The molecule has 3 nitrogen and oxygen atoms in total. The van der Waals surface area contributed by atoms with Crippen molar-refractivity contribution in [1.29, 1.82) is 0 Å². The monoisotopic (exact) mass is 266 g/mol. The van der Waals surface area contributed by atoms with Gasteiger partial charge in [-0.15, -0.1) is 0 Å². The molecule has 2 atom stereocenters. The SMILES string of the molecule is CC=CCOC1CCN(C[C@@H]2CCCC[C@H]2N)CC1. The number of nitrogens with zero attached hydrogens (tertiary/aromatic N) is 1. The van der Waals surface area contributed by atoms with Gasteiger partial charge in [0.15, 0.2) is 0 Å². The quantitative estimate of drug-likeness (QED) is 0.777. The lowest BCUT2D eigenvalue weighted by atomic mass is 9.84. The summed E-state index contributed by atoms with van der Waals surface area (Å²) in [6.45, 7) is 6.39. The molecule has 2 rings (SSSR count). The second-order valence-electron chi connectivity index (χ2n) is 6.11. The highest BCUT2D eigenvalue weighted by atomic mass is 16.5. The Bertz CT molecular complexity index is 272. The summed E-state index contributed by atoms with van der Waals surface area (Å²) < 4.78 is 5.84. The van der Waals surface area contributed by atoms with Gasteiger partial charge in [0.25, 0.3) is 0 Å². The van der Waals surface area contributed by atoms with Gasteiger partial charge in [-0.3, -0.25) is 0 Å². The van der Waals surface area contributed by atoms with Crippen LogP contribution in [0.15, 0.2) is 12.2 Å². The molecule has 1 saturated heterocycles. The van der Waals surface area contributed by atoms with Crippen LogP contribution in [0.5, 0.6) is 0 Å². The Morgan fingerprint density at radius 2 is 1.89 bits per heavy atom. The van der Waals surface area contributed by atoms with Gasteiger partial charge in [-0.25, -0.2) is 0 Å². The fourth-order valence-electron chi connectivity index (χ4n) is 3.34. The summed E-state index contributed by atoms with van der Waals surface area (Å²) >= 11 is 0. The van der Waals surface area contributed by atoms with Crippen molar-refractivity contribution in [2.75, 3.05) is 26.2 Å². The molecular formula is C16H30N2O. The highest BCUT2D eigenvalue weighted by Gasteiger charge is 2.26. The van der Waals surface area contributed by atoms with Crippen molar-refractivity contribution in [1.82, 2.24) is 4.90 Å². The average Bonchev–Trinajstić information content (AvgIpc) is 2.44. The molecule has 1 aliphatic heterocycles. The minimum absolute atomic E-state index is 0.442. The molecule has 3 heteroatoms. The zero-order chi connectivity index (χ0) is 13.5. The minimum atomic E-state index is 0.442. The average molecular weight is 266 g/mol. The number of nitrogens with two attached hydrogens (primary N) is 1. The van der Waals surface area contributed by atoms with Crippen LogP contribution in [0.4, 0.5) is 0 Å². The lowest BCUT2D eigenvalue weighted by molar-refractivity contribution is 0.0161. The van der Waals surface area contributed by atoms with Gasteiger partial charge >= 0.3 is 0 Å². The van der Waals surface area contributed by atoms with Crippen LogP contribution in [0.1, 0.15) is 45.4 Å². The number of piperidine rings is 1. The van der Waals surface area contributed by atoms with Crippen molar-refractivity contribution >= 4 is 0 Å². The summed E-state index contributed by atoms with van der Waals surface area (Å²) in [7, 11) is 0. The van der Waals surface area contributed by atoms with E-state index in [2.05, 4.69) is 17.1 Å². The normalized spacial score (nSPS) is 31.1. The second kappa shape index (κ2) is 8.03. The van der Waals surface area contributed by atoms with Gasteiger partial charge < -0.3 is 15.4 Å². The second-order valence-corrected chi connectivity index (χ2v) is 6.11. The zero-order valence-electron chi connectivity index (χ0n) is 12.4. The van der Waals surface area contributed by atoms with E-state index >= 15 is 0 Å². The van der Waals surface area contributed by atoms with Gasteiger partial charge in [0.05, 0.1) is 12.7 Å². The lowest BCUT2D eigenvalue weighted by Gasteiger charge is -2.37. The van der Waals surface area contributed by atoms with E-state index < -0.39 is 0 Å². The molecule has 0 aromatic carbocycles. The summed E-state index contributed by atoms with van der Waals surface area (Å²) in [5.41, 5.74) is 6.25. The Morgan fingerprint density at radius 1 is 1.16 bits per heavy atom. The zero-order valence-corrected chi connectivity index (χ0v) is 12.4. The molecule has 19 heavy (non-hydrogen) atoms. The Balaban J connectivity index is 1.65. The maximum Gasteiger partial charge on any atom is 0.0651 e. The Labute approximate surface area is 118 Å². The van der Waals surface area contributed by atoms with E-state index in [1.165, 1.54) is 58.2 Å². The number of rotatable bonds is 5. The molecule has 110 valence electrons. The first-order valence-electron chi connectivity index (χ1n) is 8.00. The van der Waals surface area contributed by atoms with E-state index in [0.29, 0.717) is 12.1 Å². The molecule has 1 aliphatic carbocycles. The molecule has 0 aromatic rings. The molecular weight excluding hydrogens is 236 g/mol. The van der Waals surface area contributed by atoms with Gasteiger partial charge in [0.2, 0.25) is 0 Å². The first kappa shape index (κ1) is 15.0. The van der Waals surface area contributed by atoms with Crippen LogP contribution >= 0.6 is 0 Å². The molecule has 2 aliphatic rings. The summed E-state index contributed by atoms with van der Waals surface area (Å²) in [5, 5.41) is 0. The van der Waals surface area contributed by atoms with Gasteiger partial charge in [0.1, 0.15) is 0 Å². The molecule has 0 bridgehead atoms. The van der Waals surface area contributed by atoms with Crippen molar-refractivity contribution in [3.8, 4) is 0 Å². The maximum atomic E-state index is 6.25. The summed E-state index contributed by atoms with van der Waals surface area (Å²) in [6.07, 6.45) is 12.2. The van der Waals surface area contributed by atoms with E-state index in [1.54, 1.807) is 0 Å². The molecule has 2 N–H and O–H groups in total. The molecule has 0 radical (unpaired) electrons. The van der Waals surface area contributed by atoms with Crippen LogP contribution in [0.2, 0.25) is 0 Å². The van der Waals surface area contributed by atoms with Crippen LogP contribution in [-0.4, -0.2) is 43.3 Å². The maximum absolute atomic E-state index is 6.25. The third kappa shape index (κ3) is 4.90. The number of hydrogen-bond acceptors (Lipinski definition) is 3. The molecule has 0 unspecified atom stereocenters. The van der Waals surface area contributed by atoms with Crippen LogP contribution in [0.25, 0.3) is 0 Å². The van der Waals surface area contributed by atoms with Crippen LogP contribution in [-0.2, 0) is 4.74 Å². The van der Waals surface area contributed by atoms with Crippen molar-refractivity contribution in [3.63, 3.8) is 0 Å². The Morgan fingerprint density at radius 3 is 2.58 bits per heavy atom. The topological polar surface area (TPSA) is 38.5 Å². The van der Waals surface area contributed by atoms with E-state index in [1.807, 2.05) is 6.92 Å². The summed E-state index contributed by atoms with van der Waals surface area (Å²) in [4.78, 5) is 2.60. The van der Waals surface area contributed by atoms with Crippen LogP contribution < -0.4 is 5.73 Å². The smallest absolute Gasteiger partial charge is 0.0651 e. The third-order valence-electron chi connectivity index (χ3n) is 4.66.